The van der Waals surface area contributed by atoms with Gasteiger partial charge >= 0.3 is 5.97 Å². The fourth-order valence-electron chi connectivity index (χ4n) is 2.41. The van der Waals surface area contributed by atoms with Crippen molar-refractivity contribution >= 4 is 27.6 Å². The van der Waals surface area contributed by atoms with Crippen LogP contribution in [0.2, 0.25) is 0 Å². The number of ether oxygens (including phenoxy) is 1. The fourth-order valence-corrected chi connectivity index (χ4v) is 3.77. The van der Waals surface area contributed by atoms with Crippen LogP contribution < -0.4 is 15.8 Å². The van der Waals surface area contributed by atoms with Crippen molar-refractivity contribution in [3.63, 3.8) is 0 Å². The molecule has 0 aliphatic heterocycles. The minimum atomic E-state index is -3.63. The van der Waals surface area contributed by atoms with Gasteiger partial charge in [-0.3, -0.25) is 14.4 Å². The molecule has 0 aromatic heterocycles. The highest BCUT2D eigenvalue weighted by molar-refractivity contribution is 7.91. The Labute approximate surface area is 162 Å². The van der Waals surface area contributed by atoms with Gasteiger partial charge < -0.3 is 15.8 Å². The van der Waals surface area contributed by atoms with Gasteiger partial charge in [-0.25, -0.2) is 8.42 Å². The number of esters is 1. The predicted molar refractivity (Wildman–Crippen MR) is 101 cm³/mol. The molecule has 0 bridgehead atoms. The van der Waals surface area contributed by atoms with E-state index in [0.29, 0.717) is 0 Å². The first-order chi connectivity index (χ1) is 13.2. The zero-order valence-corrected chi connectivity index (χ0v) is 15.9. The summed E-state index contributed by atoms with van der Waals surface area (Å²) in [4.78, 5) is 35.2. The molecule has 2 aromatic rings. The summed E-state index contributed by atoms with van der Waals surface area (Å²) in [7, 11) is -3.63. The van der Waals surface area contributed by atoms with Crippen LogP contribution in [0.1, 0.15) is 23.7 Å². The Morgan fingerprint density at radius 2 is 1.75 bits per heavy atom. The molecule has 0 saturated heterocycles. The van der Waals surface area contributed by atoms with Crippen LogP contribution in [0.3, 0.4) is 0 Å². The van der Waals surface area contributed by atoms with E-state index < -0.39 is 33.7 Å². The molecule has 28 heavy (non-hydrogen) atoms. The molecule has 0 aliphatic carbocycles. The minimum Gasteiger partial charge on any atom is -0.427 e. The zero-order chi connectivity index (χ0) is 20.7. The van der Waals surface area contributed by atoms with Gasteiger partial charge in [0.15, 0.2) is 9.84 Å². The molecule has 0 spiro atoms. The van der Waals surface area contributed by atoms with Crippen LogP contribution in [0.5, 0.6) is 5.75 Å². The summed E-state index contributed by atoms with van der Waals surface area (Å²) in [6.07, 6.45) is -0.179. The molecule has 8 nitrogen and oxygen atoms in total. The average molecular weight is 404 g/mol. The standard InChI is InChI=1S/C19H20N2O6S/c1-13(22)27-15-7-5-6-14(12-15)19(24)21-17(18(20)23)10-11-28(25,26)16-8-3-2-4-9-16/h2-9,12,17H,10-11H2,1H3,(H2,20,23)(H,21,24)/t17-/m0/s1. The molecule has 0 aliphatic rings. The quantitative estimate of drug-likeness (QED) is 0.499. The van der Waals surface area contributed by atoms with Gasteiger partial charge in [0.25, 0.3) is 5.91 Å². The molecule has 2 aromatic carbocycles. The summed E-state index contributed by atoms with van der Waals surface area (Å²) in [5, 5.41) is 2.42. The van der Waals surface area contributed by atoms with Gasteiger partial charge in [-0.2, -0.15) is 0 Å². The lowest BCUT2D eigenvalue weighted by atomic mass is 10.1. The highest BCUT2D eigenvalue weighted by Crippen LogP contribution is 2.15. The van der Waals surface area contributed by atoms with E-state index in [1.165, 1.54) is 43.3 Å². The van der Waals surface area contributed by atoms with Gasteiger partial charge in [-0.1, -0.05) is 24.3 Å². The maximum absolute atomic E-state index is 12.4. The van der Waals surface area contributed by atoms with E-state index in [9.17, 15) is 22.8 Å². The Bertz CT molecular complexity index is 973. The number of hydrogen-bond acceptors (Lipinski definition) is 6. The molecule has 2 rings (SSSR count). The molecule has 3 N–H and O–H groups in total. The Morgan fingerprint density at radius 1 is 1.07 bits per heavy atom. The number of nitrogens with two attached hydrogens (primary N) is 1. The maximum Gasteiger partial charge on any atom is 0.308 e. The third-order valence-corrected chi connectivity index (χ3v) is 5.55. The number of carbonyl (C=O) groups is 3. The third-order valence-electron chi connectivity index (χ3n) is 3.78. The van der Waals surface area contributed by atoms with E-state index in [4.69, 9.17) is 10.5 Å². The molecular formula is C19H20N2O6S. The van der Waals surface area contributed by atoms with Gasteiger partial charge in [0.1, 0.15) is 11.8 Å². The summed E-state index contributed by atoms with van der Waals surface area (Å²) in [5.41, 5.74) is 5.44. The van der Waals surface area contributed by atoms with Crippen LogP contribution in [-0.4, -0.2) is 38.0 Å². The maximum atomic E-state index is 12.4. The van der Waals surface area contributed by atoms with Crippen molar-refractivity contribution in [3.8, 4) is 5.75 Å². The van der Waals surface area contributed by atoms with Crippen molar-refractivity contribution in [2.75, 3.05) is 5.75 Å². The lowest BCUT2D eigenvalue weighted by Crippen LogP contribution is -2.45. The summed E-state index contributed by atoms with van der Waals surface area (Å²) in [6, 6.07) is 12.4. The second-order valence-electron chi connectivity index (χ2n) is 5.97. The van der Waals surface area contributed by atoms with Crippen molar-refractivity contribution in [2.24, 2.45) is 5.73 Å². The predicted octanol–water partition coefficient (Wildman–Crippen LogP) is 1.06. The third kappa shape index (κ3) is 5.92. The second-order valence-corrected chi connectivity index (χ2v) is 8.08. The summed E-state index contributed by atoms with van der Waals surface area (Å²) in [6.45, 7) is 1.23. The molecule has 9 heteroatoms. The first-order valence-electron chi connectivity index (χ1n) is 8.35. The second kappa shape index (κ2) is 9.14. The van der Waals surface area contributed by atoms with Crippen LogP contribution in [0.15, 0.2) is 59.5 Å². The lowest BCUT2D eigenvalue weighted by Gasteiger charge is -2.16. The van der Waals surface area contributed by atoms with Crippen LogP contribution in [-0.2, 0) is 19.4 Å². The average Bonchev–Trinajstić information content (AvgIpc) is 2.65. The number of benzene rings is 2. The summed E-state index contributed by atoms with van der Waals surface area (Å²) in [5.74, 6) is -2.23. The monoisotopic (exact) mass is 404 g/mol. The number of rotatable bonds is 8. The van der Waals surface area contributed by atoms with E-state index in [2.05, 4.69) is 5.32 Å². The summed E-state index contributed by atoms with van der Waals surface area (Å²) >= 11 is 0. The van der Waals surface area contributed by atoms with Crippen LogP contribution in [0.25, 0.3) is 0 Å². The summed E-state index contributed by atoms with van der Waals surface area (Å²) < 4.78 is 29.6. The van der Waals surface area contributed by atoms with Gasteiger partial charge in [-0.15, -0.1) is 0 Å². The number of carbonyl (C=O) groups excluding carboxylic acids is 3. The highest BCUT2D eigenvalue weighted by Gasteiger charge is 2.23. The smallest absolute Gasteiger partial charge is 0.308 e. The van der Waals surface area contributed by atoms with Gasteiger partial charge in [-0.05, 0) is 36.8 Å². The van der Waals surface area contributed by atoms with Crippen LogP contribution in [0, 0.1) is 0 Å². The first-order valence-corrected chi connectivity index (χ1v) is 10.0. The Balaban J connectivity index is 2.08. The fraction of sp³-hybridized carbons (Fsp3) is 0.211. The topological polar surface area (TPSA) is 133 Å². The molecule has 0 unspecified atom stereocenters. The first kappa shape index (κ1) is 21.1. The molecule has 0 radical (unpaired) electrons. The molecule has 148 valence electrons. The molecule has 0 fully saturated rings. The SMILES string of the molecule is CC(=O)Oc1cccc(C(=O)N[C@@H](CCS(=O)(=O)c2ccccc2)C(N)=O)c1. The Kier molecular flexibility index (Phi) is 6.89. The van der Waals surface area contributed by atoms with E-state index in [1.54, 1.807) is 18.2 Å². The van der Waals surface area contributed by atoms with E-state index in [-0.39, 0.29) is 28.4 Å². The minimum absolute atomic E-state index is 0.124. The van der Waals surface area contributed by atoms with E-state index in [0.717, 1.165) is 0 Å². The molecule has 2 amide bonds. The largest absolute Gasteiger partial charge is 0.427 e. The zero-order valence-electron chi connectivity index (χ0n) is 15.1. The van der Waals surface area contributed by atoms with E-state index >= 15 is 0 Å². The van der Waals surface area contributed by atoms with Crippen molar-refractivity contribution in [1.82, 2.24) is 5.32 Å². The van der Waals surface area contributed by atoms with E-state index in [1.807, 2.05) is 0 Å². The normalized spacial score (nSPS) is 12.0. The Morgan fingerprint density at radius 3 is 2.36 bits per heavy atom. The number of primary amides is 1. The van der Waals surface area contributed by atoms with Crippen molar-refractivity contribution in [2.45, 2.75) is 24.3 Å². The molecular weight excluding hydrogens is 384 g/mol. The Hall–Kier alpha value is -3.20. The van der Waals surface area contributed by atoms with Gasteiger partial charge in [0.05, 0.1) is 10.6 Å². The lowest BCUT2D eigenvalue weighted by molar-refractivity contribution is -0.131. The van der Waals surface area contributed by atoms with Crippen LogP contribution in [0.4, 0.5) is 0 Å². The molecule has 1 atom stereocenters. The molecule has 0 saturated carbocycles. The van der Waals surface area contributed by atoms with Gasteiger partial charge in [0.2, 0.25) is 5.91 Å². The number of hydrogen-bond donors (Lipinski definition) is 2. The van der Waals surface area contributed by atoms with Gasteiger partial charge in [0, 0.05) is 12.5 Å². The number of sulfone groups is 1. The number of amides is 2. The van der Waals surface area contributed by atoms with Crippen LogP contribution >= 0.6 is 0 Å². The molecule has 0 heterocycles. The van der Waals surface area contributed by atoms with Crippen molar-refractivity contribution in [3.05, 3.63) is 60.2 Å². The van der Waals surface area contributed by atoms with Crippen molar-refractivity contribution < 1.29 is 27.5 Å². The number of nitrogens with one attached hydrogen (secondary N) is 1. The van der Waals surface area contributed by atoms with Crippen molar-refractivity contribution in [1.29, 1.82) is 0 Å². The highest BCUT2D eigenvalue weighted by atomic mass is 32.2.